The fraction of sp³-hybridized carbons (Fsp3) is 0.154. The Labute approximate surface area is 105 Å². The van der Waals surface area contributed by atoms with Gasteiger partial charge in [0.25, 0.3) is 0 Å². The Morgan fingerprint density at radius 2 is 1.74 bits per heavy atom. The molecule has 0 saturated carbocycles. The van der Waals surface area contributed by atoms with Crippen LogP contribution in [-0.2, 0) is 6.18 Å². The second kappa shape index (κ2) is 4.60. The highest BCUT2D eigenvalue weighted by atomic mass is 19.4. The Kier molecular flexibility index (Phi) is 3.26. The van der Waals surface area contributed by atoms with Crippen LogP contribution in [0.1, 0.15) is 11.1 Å². The molecule has 0 unspecified atom stereocenters. The molecule has 100 valence electrons. The monoisotopic (exact) mass is 273 g/mol. The molecular formula is C13H8F5N. The lowest BCUT2D eigenvalue weighted by Gasteiger charge is -2.12. The number of rotatable bonds is 1. The Morgan fingerprint density at radius 3 is 2.32 bits per heavy atom. The molecule has 6 heteroatoms. The van der Waals surface area contributed by atoms with Crippen molar-refractivity contribution in [2.45, 2.75) is 13.1 Å². The fourth-order valence-electron chi connectivity index (χ4n) is 1.69. The van der Waals surface area contributed by atoms with Gasteiger partial charge in [0, 0.05) is 11.8 Å². The second-order valence-electron chi connectivity index (χ2n) is 4.00. The number of halogens is 5. The molecule has 0 saturated heterocycles. The number of hydrogen-bond acceptors (Lipinski definition) is 1. The van der Waals surface area contributed by atoms with E-state index in [-0.39, 0.29) is 11.3 Å². The maximum atomic E-state index is 13.8. The van der Waals surface area contributed by atoms with Crippen molar-refractivity contribution in [3.05, 3.63) is 53.2 Å². The van der Waals surface area contributed by atoms with Crippen LogP contribution in [0.3, 0.4) is 0 Å². The Bertz CT molecular complexity index is 619. The van der Waals surface area contributed by atoms with Gasteiger partial charge in [-0.3, -0.25) is 4.98 Å². The molecule has 1 aromatic heterocycles. The van der Waals surface area contributed by atoms with Crippen molar-refractivity contribution in [3.8, 4) is 11.3 Å². The van der Waals surface area contributed by atoms with Crippen molar-refractivity contribution in [2.75, 3.05) is 0 Å². The number of nitrogens with zero attached hydrogens (tertiary/aromatic N) is 1. The summed E-state index contributed by atoms with van der Waals surface area (Å²) in [5.74, 6) is -3.29. The predicted molar refractivity (Wildman–Crippen MR) is 59.3 cm³/mol. The van der Waals surface area contributed by atoms with Gasteiger partial charge in [-0.15, -0.1) is 0 Å². The first-order chi connectivity index (χ1) is 8.80. The fourth-order valence-corrected chi connectivity index (χ4v) is 1.69. The quantitative estimate of drug-likeness (QED) is 0.704. The molecule has 0 bridgehead atoms. The standard InChI is InChI=1S/C13H8F5N/c1-7-4-5-19-10(6-7)8-2-3-9(14)11(12(8)15)13(16,17)18/h2-6H,1H3. The highest BCUT2D eigenvalue weighted by molar-refractivity contribution is 5.62. The summed E-state index contributed by atoms with van der Waals surface area (Å²) in [6.45, 7) is 1.69. The van der Waals surface area contributed by atoms with Crippen LogP contribution in [0, 0.1) is 18.6 Å². The molecule has 1 nitrogen and oxygen atoms in total. The van der Waals surface area contributed by atoms with Crippen molar-refractivity contribution in [3.63, 3.8) is 0 Å². The molecule has 0 amide bonds. The van der Waals surface area contributed by atoms with E-state index in [0.717, 1.165) is 6.07 Å². The maximum Gasteiger partial charge on any atom is 0.422 e. The Hall–Kier alpha value is -1.98. The van der Waals surface area contributed by atoms with Gasteiger partial charge in [0.05, 0.1) is 5.69 Å². The highest BCUT2D eigenvalue weighted by Gasteiger charge is 2.38. The van der Waals surface area contributed by atoms with Crippen LogP contribution in [0.15, 0.2) is 30.5 Å². The number of aromatic nitrogens is 1. The van der Waals surface area contributed by atoms with Crippen LogP contribution in [0.5, 0.6) is 0 Å². The van der Waals surface area contributed by atoms with Crippen molar-refractivity contribution in [1.29, 1.82) is 0 Å². The SMILES string of the molecule is Cc1ccnc(-c2ccc(F)c(C(F)(F)F)c2F)c1. The lowest BCUT2D eigenvalue weighted by molar-refractivity contribution is -0.142. The molecular weight excluding hydrogens is 265 g/mol. The van der Waals surface area contributed by atoms with Crippen LogP contribution in [-0.4, -0.2) is 4.98 Å². The van der Waals surface area contributed by atoms with Crippen LogP contribution in [0.25, 0.3) is 11.3 Å². The van der Waals surface area contributed by atoms with Gasteiger partial charge in [0.2, 0.25) is 0 Å². The summed E-state index contributed by atoms with van der Waals surface area (Å²) >= 11 is 0. The largest absolute Gasteiger partial charge is 0.422 e. The van der Waals surface area contributed by atoms with Crippen molar-refractivity contribution in [1.82, 2.24) is 4.98 Å². The van der Waals surface area contributed by atoms with Gasteiger partial charge in [-0.05, 0) is 36.8 Å². The lowest BCUT2D eigenvalue weighted by atomic mass is 10.0. The molecule has 0 fully saturated rings. The first-order valence-corrected chi connectivity index (χ1v) is 5.29. The highest BCUT2D eigenvalue weighted by Crippen LogP contribution is 2.37. The zero-order chi connectivity index (χ0) is 14.2. The molecule has 0 N–H and O–H groups in total. The molecule has 0 aliphatic rings. The molecule has 2 rings (SSSR count). The van der Waals surface area contributed by atoms with Gasteiger partial charge in [-0.25, -0.2) is 8.78 Å². The third-order valence-electron chi connectivity index (χ3n) is 2.57. The number of alkyl halides is 3. The average Bonchev–Trinajstić information content (AvgIpc) is 2.27. The van der Waals surface area contributed by atoms with Crippen LogP contribution < -0.4 is 0 Å². The smallest absolute Gasteiger partial charge is 0.256 e. The topological polar surface area (TPSA) is 12.9 Å². The minimum Gasteiger partial charge on any atom is -0.256 e. The summed E-state index contributed by atoms with van der Waals surface area (Å²) in [6.07, 6.45) is -3.74. The Balaban J connectivity index is 2.67. The first kappa shape index (κ1) is 13.5. The summed E-state index contributed by atoms with van der Waals surface area (Å²) < 4.78 is 64.7. The summed E-state index contributed by atoms with van der Waals surface area (Å²) in [5, 5.41) is 0. The van der Waals surface area contributed by atoms with E-state index in [0.29, 0.717) is 11.6 Å². The summed E-state index contributed by atoms with van der Waals surface area (Å²) in [4.78, 5) is 3.79. The molecule has 0 aliphatic heterocycles. The van der Waals surface area contributed by atoms with E-state index in [1.165, 1.54) is 12.3 Å². The molecule has 0 spiro atoms. The first-order valence-electron chi connectivity index (χ1n) is 5.29. The minimum absolute atomic E-state index is 0.0306. The number of benzene rings is 1. The molecule has 2 aromatic rings. The molecule has 1 heterocycles. The Morgan fingerprint density at radius 1 is 1.05 bits per heavy atom. The van der Waals surface area contributed by atoms with E-state index in [4.69, 9.17) is 0 Å². The predicted octanol–water partition coefficient (Wildman–Crippen LogP) is 4.35. The van der Waals surface area contributed by atoms with Crippen molar-refractivity contribution in [2.24, 2.45) is 0 Å². The van der Waals surface area contributed by atoms with E-state index >= 15 is 0 Å². The third-order valence-corrected chi connectivity index (χ3v) is 2.57. The number of hydrogen-bond donors (Lipinski definition) is 0. The van der Waals surface area contributed by atoms with Gasteiger partial charge in [-0.1, -0.05) is 0 Å². The van der Waals surface area contributed by atoms with Gasteiger partial charge in [0.1, 0.15) is 17.2 Å². The normalized spacial score (nSPS) is 11.7. The third kappa shape index (κ3) is 2.57. The molecule has 0 atom stereocenters. The van der Waals surface area contributed by atoms with Crippen molar-refractivity contribution >= 4 is 0 Å². The van der Waals surface area contributed by atoms with Crippen molar-refractivity contribution < 1.29 is 22.0 Å². The zero-order valence-electron chi connectivity index (χ0n) is 9.72. The number of aryl methyl sites for hydroxylation is 1. The van der Waals surface area contributed by atoms with Crippen LogP contribution in [0.2, 0.25) is 0 Å². The second-order valence-corrected chi connectivity index (χ2v) is 4.00. The summed E-state index contributed by atoms with van der Waals surface area (Å²) in [6, 6.07) is 4.58. The van der Waals surface area contributed by atoms with Crippen LogP contribution in [0.4, 0.5) is 22.0 Å². The zero-order valence-corrected chi connectivity index (χ0v) is 9.72. The van der Waals surface area contributed by atoms with E-state index in [1.54, 1.807) is 13.0 Å². The molecule has 1 aromatic carbocycles. The summed E-state index contributed by atoms with van der Waals surface area (Å²) in [5.41, 5.74) is -1.53. The van der Waals surface area contributed by atoms with E-state index < -0.39 is 23.4 Å². The van der Waals surface area contributed by atoms with E-state index in [2.05, 4.69) is 4.98 Å². The van der Waals surface area contributed by atoms with Gasteiger partial charge in [-0.2, -0.15) is 13.2 Å². The van der Waals surface area contributed by atoms with Crippen LogP contribution >= 0.6 is 0 Å². The molecule has 0 aliphatic carbocycles. The summed E-state index contributed by atoms with van der Waals surface area (Å²) in [7, 11) is 0. The molecule has 0 radical (unpaired) electrons. The van der Waals surface area contributed by atoms with Gasteiger partial charge < -0.3 is 0 Å². The van der Waals surface area contributed by atoms with Gasteiger partial charge in [0.15, 0.2) is 0 Å². The van der Waals surface area contributed by atoms with E-state index in [1.807, 2.05) is 0 Å². The minimum atomic E-state index is -5.09. The van der Waals surface area contributed by atoms with Gasteiger partial charge >= 0.3 is 6.18 Å². The maximum absolute atomic E-state index is 13.8. The van der Waals surface area contributed by atoms with E-state index in [9.17, 15) is 22.0 Å². The average molecular weight is 273 g/mol. The lowest BCUT2D eigenvalue weighted by Crippen LogP contribution is -2.12. The number of pyridine rings is 1. The molecule has 19 heavy (non-hydrogen) atoms.